The summed E-state index contributed by atoms with van der Waals surface area (Å²) in [7, 11) is 0. The van der Waals surface area contributed by atoms with Gasteiger partial charge in [0.25, 0.3) is 0 Å². The van der Waals surface area contributed by atoms with Gasteiger partial charge in [0.2, 0.25) is 0 Å². The summed E-state index contributed by atoms with van der Waals surface area (Å²) in [5, 5.41) is 5.03. The number of hydrogen-bond donors (Lipinski definition) is 0. The van der Waals surface area contributed by atoms with E-state index < -0.39 is 0 Å². The highest BCUT2D eigenvalue weighted by Gasteiger charge is 2.15. The third-order valence-electron chi connectivity index (χ3n) is 8.73. The van der Waals surface area contributed by atoms with Gasteiger partial charge in [-0.2, -0.15) is 0 Å². The topological polar surface area (TPSA) is 38.7 Å². The zero-order valence-corrected chi connectivity index (χ0v) is 26.2. The van der Waals surface area contributed by atoms with Gasteiger partial charge in [-0.25, -0.2) is 15.0 Å². The minimum absolute atomic E-state index is 0.655. The first-order chi connectivity index (χ1) is 23.3. The average Bonchev–Trinajstić information content (AvgIpc) is 3.52. The largest absolute Gasteiger partial charge is 0.208 e. The van der Waals surface area contributed by atoms with Gasteiger partial charge >= 0.3 is 0 Å². The van der Waals surface area contributed by atoms with Gasteiger partial charge in [-0.1, -0.05) is 146 Å². The summed E-state index contributed by atoms with van der Waals surface area (Å²) in [6, 6.07) is 57.5. The van der Waals surface area contributed by atoms with Crippen LogP contribution in [0.2, 0.25) is 0 Å². The third kappa shape index (κ3) is 5.05. The molecule has 0 unspecified atom stereocenters. The van der Waals surface area contributed by atoms with Crippen molar-refractivity contribution < 1.29 is 0 Å². The lowest BCUT2D eigenvalue weighted by Crippen LogP contribution is -2.00. The zero-order chi connectivity index (χ0) is 31.2. The second-order valence-corrected chi connectivity index (χ2v) is 12.8. The SMILES string of the molecule is c1ccc(-c2cccc(-c3nc(-c4ccccc4)nc(-c4ccc5c(c4)sc4cc(-c6cccc7ccccc67)ccc45)n3)c2)cc1. The van der Waals surface area contributed by atoms with Crippen molar-refractivity contribution in [3.05, 3.63) is 164 Å². The fourth-order valence-electron chi connectivity index (χ4n) is 6.38. The second kappa shape index (κ2) is 11.4. The summed E-state index contributed by atoms with van der Waals surface area (Å²) in [6.45, 7) is 0. The average molecular weight is 618 g/mol. The second-order valence-electron chi connectivity index (χ2n) is 11.7. The fourth-order valence-corrected chi connectivity index (χ4v) is 7.56. The van der Waals surface area contributed by atoms with E-state index in [1.807, 2.05) is 47.7 Å². The van der Waals surface area contributed by atoms with Gasteiger partial charge in [0, 0.05) is 36.9 Å². The van der Waals surface area contributed by atoms with Gasteiger partial charge in [-0.05, 0) is 51.2 Å². The molecule has 0 bridgehead atoms. The van der Waals surface area contributed by atoms with Crippen molar-refractivity contribution in [3.63, 3.8) is 0 Å². The van der Waals surface area contributed by atoms with Crippen LogP contribution >= 0.6 is 11.3 Å². The lowest BCUT2D eigenvalue weighted by molar-refractivity contribution is 1.07. The maximum atomic E-state index is 5.06. The lowest BCUT2D eigenvalue weighted by Gasteiger charge is -2.10. The van der Waals surface area contributed by atoms with E-state index >= 15 is 0 Å². The molecule has 220 valence electrons. The maximum Gasteiger partial charge on any atom is 0.164 e. The molecule has 0 N–H and O–H groups in total. The Balaban J connectivity index is 1.16. The number of thiophene rings is 1. The van der Waals surface area contributed by atoms with Gasteiger partial charge in [-0.3, -0.25) is 0 Å². The van der Waals surface area contributed by atoms with Crippen molar-refractivity contribution in [2.75, 3.05) is 0 Å². The van der Waals surface area contributed by atoms with Crippen LogP contribution in [0.15, 0.2) is 164 Å². The van der Waals surface area contributed by atoms with Gasteiger partial charge in [0.15, 0.2) is 17.5 Å². The number of aromatic nitrogens is 3. The molecule has 0 spiro atoms. The van der Waals surface area contributed by atoms with E-state index in [1.165, 1.54) is 42.1 Å². The van der Waals surface area contributed by atoms with Crippen LogP contribution < -0.4 is 0 Å². The van der Waals surface area contributed by atoms with E-state index in [2.05, 4.69) is 127 Å². The molecule has 7 aromatic carbocycles. The van der Waals surface area contributed by atoms with Crippen molar-refractivity contribution in [1.29, 1.82) is 0 Å². The summed E-state index contributed by atoms with van der Waals surface area (Å²) in [6.07, 6.45) is 0. The molecule has 0 saturated heterocycles. The molecule has 0 aliphatic heterocycles. The molecular formula is C43H27N3S. The molecule has 4 heteroatoms. The van der Waals surface area contributed by atoms with Crippen LogP contribution in [-0.2, 0) is 0 Å². The first kappa shape index (κ1) is 27.3. The standard InChI is InChI=1S/C43H27N3S/c1-3-11-28(12-4-1)31-17-9-18-33(25-31)42-44-41(30-14-5-2-6-15-30)45-43(46-42)34-22-24-38-37-23-21-32(26-39(37)47-40(38)27-34)36-20-10-16-29-13-7-8-19-35(29)36/h1-27H. The van der Waals surface area contributed by atoms with Crippen LogP contribution in [0.3, 0.4) is 0 Å². The summed E-state index contributed by atoms with van der Waals surface area (Å²) < 4.78 is 2.48. The van der Waals surface area contributed by atoms with Gasteiger partial charge in [0.1, 0.15) is 0 Å². The molecule has 2 heterocycles. The first-order valence-electron chi connectivity index (χ1n) is 15.7. The quantitative estimate of drug-likeness (QED) is 0.193. The molecule has 9 aromatic rings. The normalized spacial score (nSPS) is 11.4. The molecular weight excluding hydrogens is 591 g/mol. The molecule has 0 saturated carbocycles. The number of benzene rings is 7. The molecule has 0 aliphatic rings. The zero-order valence-electron chi connectivity index (χ0n) is 25.3. The summed E-state index contributed by atoms with van der Waals surface area (Å²) >= 11 is 1.81. The van der Waals surface area contributed by atoms with Crippen molar-refractivity contribution in [1.82, 2.24) is 15.0 Å². The minimum Gasteiger partial charge on any atom is -0.208 e. The summed E-state index contributed by atoms with van der Waals surface area (Å²) in [5.41, 5.74) is 7.65. The van der Waals surface area contributed by atoms with Crippen LogP contribution in [0.1, 0.15) is 0 Å². The summed E-state index contributed by atoms with van der Waals surface area (Å²) in [4.78, 5) is 15.0. The van der Waals surface area contributed by atoms with Crippen molar-refractivity contribution >= 4 is 42.3 Å². The molecule has 2 aromatic heterocycles. The number of hydrogen-bond acceptors (Lipinski definition) is 4. The predicted molar refractivity (Wildman–Crippen MR) is 197 cm³/mol. The van der Waals surface area contributed by atoms with Gasteiger partial charge in [-0.15, -0.1) is 11.3 Å². The van der Waals surface area contributed by atoms with Gasteiger partial charge in [0.05, 0.1) is 0 Å². The number of fused-ring (bicyclic) bond motifs is 4. The molecule has 0 radical (unpaired) electrons. The van der Waals surface area contributed by atoms with E-state index in [4.69, 9.17) is 15.0 Å². The monoisotopic (exact) mass is 617 g/mol. The molecule has 0 fully saturated rings. The Bertz CT molecular complexity index is 2570. The van der Waals surface area contributed by atoms with Gasteiger partial charge < -0.3 is 0 Å². The molecule has 0 amide bonds. The van der Waals surface area contributed by atoms with E-state index in [0.29, 0.717) is 17.5 Å². The Kier molecular flexibility index (Phi) is 6.65. The highest BCUT2D eigenvalue weighted by molar-refractivity contribution is 7.25. The van der Waals surface area contributed by atoms with E-state index in [1.54, 1.807) is 0 Å². The van der Waals surface area contributed by atoms with Crippen LogP contribution in [0.25, 0.3) is 87.4 Å². The van der Waals surface area contributed by atoms with Crippen molar-refractivity contribution in [2.45, 2.75) is 0 Å². The highest BCUT2D eigenvalue weighted by atomic mass is 32.1. The van der Waals surface area contributed by atoms with Crippen LogP contribution in [0.4, 0.5) is 0 Å². The molecule has 0 atom stereocenters. The minimum atomic E-state index is 0.655. The third-order valence-corrected chi connectivity index (χ3v) is 9.84. The molecule has 9 rings (SSSR count). The maximum absolute atomic E-state index is 5.06. The molecule has 3 nitrogen and oxygen atoms in total. The van der Waals surface area contributed by atoms with E-state index in [-0.39, 0.29) is 0 Å². The van der Waals surface area contributed by atoms with Crippen molar-refractivity contribution in [3.8, 4) is 56.4 Å². The number of rotatable bonds is 5. The van der Waals surface area contributed by atoms with Crippen molar-refractivity contribution in [2.24, 2.45) is 0 Å². The van der Waals surface area contributed by atoms with Crippen LogP contribution in [0.5, 0.6) is 0 Å². The lowest BCUT2D eigenvalue weighted by atomic mass is 9.97. The number of nitrogens with zero attached hydrogens (tertiary/aromatic N) is 3. The smallest absolute Gasteiger partial charge is 0.164 e. The van der Waals surface area contributed by atoms with Crippen LogP contribution in [0, 0.1) is 0 Å². The summed E-state index contributed by atoms with van der Waals surface area (Å²) in [5.74, 6) is 1.98. The Morgan fingerprint density at radius 1 is 0.319 bits per heavy atom. The molecule has 0 aliphatic carbocycles. The molecule has 47 heavy (non-hydrogen) atoms. The van der Waals surface area contributed by atoms with Crippen LogP contribution in [-0.4, -0.2) is 15.0 Å². The highest BCUT2D eigenvalue weighted by Crippen LogP contribution is 2.39. The fraction of sp³-hybridized carbons (Fsp3) is 0. The Hall–Kier alpha value is -5.97. The van der Waals surface area contributed by atoms with E-state index in [9.17, 15) is 0 Å². The Morgan fingerprint density at radius 3 is 1.57 bits per heavy atom. The Labute approximate surface area is 276 Å². The predicted octanol–water partition coefficient (Wildman–Crippen LogP) is 11.7. The van der Waals surface area contributed by atoms with E-state index in [0.717, 1.165) is 27.8 Å². The Morgan fingerprint density at radius 2 is 0.830 bits per heavy atom. The first-order valence-corrected chi connectivity index (χ1v) is 16.5.